The average Bonchev–Trinajstić information content (AvgIpc) is 3.17. The molecule has 23 heavy (non-hydrogen) atoms. The van der Waals surface area contributed by atoms with E-state index >= 15 is 0 Å². The van der Waals surface area contributed by atoms with Crippen molar-refractivity contribution in [3.63, 3.8) is 0 Å². The molecule has 114 valence electrons. The standard InChI is InChI=1S/C15H14N8/c16-14-13-15(18-9-17-14)22(10-19-13)7-12-8-23(21-20-12)6-11-4-2-1-3-5-11/h1-5,8-10H,6-7H2,(H2,16,17,18). The molecule has 0 aliphatic carbocycles. The number of aromatic nitrogens is 7. The van der Waals surface area contributed by atoms with Crippen molar-refractivity contribution in [2.24, 2.45) is 0 Å². The summed E-state index contributed by atoms with van der Waals surface area (Å²) >= 11 is 0. The van der Waals surface area contributed by atoms with Crippen molar-refractivity contribution in [1.29, 1.82) is 0 Å². The summed E-state index contributed by atoms with van der Waals surface area (Å²) in [5.74, 6) is 0.376. The molecule has 4 aromatic rings. The Hall–Kier alpha value is -3.29. The molecule has 3 heterocycles. The van der Waals surface area contributed by atoms with E-state index in [1.54, 1.807) is 6.33 Å². The van der Waals surface area contributed by atoms with Crippen LogP contribution in [0.5, 0.6) is 0 Å². The van der Waals surface area contributed by atoms with Crippen molar-refractivity contribution < 1.29 is 0 Å². The maximum Gasteiger partial charge on any atom is 0.165 e. The third-order valence-electron chi connectivity index (χ3n) is 3.54. The van der Waals surface area contributed by atoms with Gasteiger partial charge in [-0.05, 0) is 5.56 Å². The Morgan fingerprint density at radius 1 is 1.00 bits per heavy atom. The number of benzene rings is 1. The topological polar surface area (TPSA) is 100 Å². The van der Waals surface area contributed by atoms with E-state index in [0.717, 1.165) is 5.69 Å². The van der Waals surface area contributed by atoms with Gasteiger partial charge in [-0.15, -0.1) is 5.10 Å². The van der Waals surface area contributed by atoms with Crippen LogP contribution in [0.3, 0.4) is 0 Å². The Bertz CT molecular complexity index is 940. The van der Waals surface area contributed by atoms with Crippen molar-refractivity contribution in [1.82, 2.24) is 34.5 Å². The van der Waals surface area contributed by atoms with Gasteiger partial charge in [0.05, 0.1) is 25.6 Å². The third-order valence-corrected chi connectivity index (χ3v) is 3.54. The number of nitrogens with two attached hydrogens (primary N) is 1. The van der Waals surface area contributed by atoms with E-state index in [1.807, 2.05) is 33.6 Å². The lowest BCUT2D eigenvalue weighted by atomic mass is 10.2. The van der Waals surface area contributed by atoms with Crippen LogP contribution in [-0.2, 0) is 13.1 Å². The Labute approximate surface area is 131 Å². The molecule has 0 unspecified atom stereocenters. The quantitative estimate of drug-likeness (QED) is 0.606. The van der Waals surface area contributed by atoms with Gasteiger partial charge < -0.3 is 10.3 Å². The molecule has 0 spiro atoms. The Morgan fingerprint density at radius 3 is 2.74 bits per heavy atom. The molecule has 1 aromatic carbocycles. The van der Waals surface area contributed by atoms with Gasteiger partial charge in [-0.1, -0.05) is 35.5 Å². The maximum atomic E-state index is 5.79. The van der Waals surface area contributed by atoms with E-state index in [1.165, 1.54) is 11.9 Å². The van der Waals surface area contributed by atoms with Crippen LogP contribution in [0.25, 0.3) is 11.2 Å². The van der Waals surface area contributed by atoms with Gasteiger partial charge in [0.15, 0.2) is 11.5 Å². The predicted molar refractivity (Wildman–Crippen MR) is 84.4 cm³/mol. The highest BCUT2D eigenvalue weighted by Gasteiger charge is 2.10. The highest BCUT2D eigenvalue weighted by molar-refractivity contribution is 5.81. The largest absolute Gasteiger partial charge is 0.382 e. The molecule has 3 aromatic heterocycles. The minimum atomic E-state index is 0.376. The molecule has 0 atom stereocenters. The van der Waals surface area contributed by atoms with E-state index in [0.29, 0.717) is 30.1 Å². The second kappa shape index (κ2) is 5.48. The van der Waals surface area contributed by atoms with Gasteiger partial charge in [0.1, 0.15) is 17.5 Å². The molecule has 4 rings (SSSR count). The summed E-state index contributed by atoms with van der Waals surface area (Å²) in [5.41, 5.74) is 9.09. The van der Waals surface area contributed by atoms with Crippen molar-refractivity contribution in [2.75, 3.05) is 5.73 Å². The van der Waals surface area contributed by atoms with E-state index in [4.69, 9.17) is 5.73 Å². The summed E-state index contributed by atoms with van der Waals surface area (Å²) in [5, 5.41) is 8.37. The van der Waals surface area contributed by atoms with Gasteiger partial charge in [-0.2, -0.15) is 0 Å². The molecule has 0 bridgehead atoms. The molecule has 0 aliphatic rings. The molecule has 0 aliphatic heterocycles. The lowest BCUT2D eigenvalue weighted by Crippen LogP contribution is -2.01. The molecule has 0 fully saturated rings. The summed E-state index contributed by atoms with van der Waals surface area (Å²) in [7, 11) is 0. The molecule has 8 nitrogen and oxygen atoms in total. The molecule has 0 amide bonds. The fourth-order valence-corrected chi connectivity index (χ4v) is 2.45. The van der Waals surface area contributed by atoms with Gasteiger partial charge in [-0.3, -0.25) is 0 Å². The van der Waals surface area contributed by atoms with E-state index in [2.05, 4.69) is 37.4 Å². The number of fused-ring (bicyclic) bond motifs is 1. The van der Waals surface area contributed by atoms with E-state index < -0.39 is 0 Å². The molecule has 0 radical (unpaired) electrons. The number of anilines is 1. The van der Waals surface area contributed by atoms with Crippen LogP contribution < -0.4 is 5.73 Å². The molecular formula is C15H14N8. The maximum absolute atomic E-state index is 5.79. The second-order valence-corrected chi connectivity index (χ2v) is 5.20. The first kappa shape index (κ1) is 13.4. The number of hydrogen-bond donors (Lipinski definition) is 1. The summed E-state index contributed by atoms with van der Waals surface area (Å²) in [6.45, 7) is 1.22. The van der Waals surface area contributed by atoms with Crippen LogP contribution in [0, 0.1) is 0 Å². The predicted octanol–water partition coefficient (Wildman–Crippen LogP) is 1.10. The lowest BCUT2D eigenvalue weighted by Gasteiger charge is -2.01. The summed E-state index contributed by atoms with van der Waals surface area (Å²) in [6, 6.07) is 10.1. The van der Waals surface area contributed by atoms with Crippen LogP contribution in [0.4, 0.5) is 5.82 Å². The Kier molecular flexibility index (Phi) is 3.19. The zero-order valence-electron chi connectivity index (χ0n) is 12.2. The fraction of sp³-hybridized carbons (Fsp3) is 0.133. The van der Waals surface area contributed by atoms with Gasteiger partial charge in [0.2, 0.25) is 0 Å². The minimum Gasteiger partial charge on any atom is -0.382 e. The van der Waals surface area contributed by atoms with Crippen LogP contribution in [-0.4, -0.2) is 34.5 Å². The monoisotopic (exact) mass is 306 g/mol. The minimum absolute atomic E-state index is 0.376. The van der Waals surface area contributed by atoms with Crippen molar-refractivity contribution in [2.45, 2.75) is 13.1 Å². The fourth-order valence-electron chi connectivity index (χ4n) is 2.45. The highest BCUT2D eigenvalue weighted by Crippen LogP contribution is 2.15. The van der Waals surface area contributed by atoms with Gasteiger partial charge in [0.25, 0.3) is 0 Å². The summed E-state index contributed by atoms with van der Waals surface area (Å²) in [6.07, 6.45) is 5.04. The SMILES string of the molecule is Nc1ncnc2c1ncn2Cc1cn(Cc2ccccc2)nn1. The molecule has 0 saturated carbocycles. The number of nitrogen functional groups attached to an aromatic ring is 1. The first-order valence-corrected chi connectivity index (χ1v) is 7.14. The van der Waals surface area contributed by atoms with Crippen molar-refractivity contribution in [3.05, 3.63) is 60.4 Å². The van der Waals surface area contributed by atoms with Gasteiger partial charge in [0, 0.05) is 0 Å². The van der Waals surface area contributed by atoms with Gasteiger partial charge >= 0.3 is 0 Å². The van der Waals surface area contributed by atoms with E-state index in [-0.39, 0.29) is 0 Å². The molecular weight excluding hydrogens is 292 g/mol. The number of imidazole rings is 1. The lowest BCUT2D eigenvalue weighted by molar-refractivity contribution is 0.648. The molecule has 2 N–H and O–H groups in total. The van der Waals surface area contributed by atoms with Crippen LogP contribution in [0.1, 0.15) is 11.3 Å². The Balaban J connectivity index is 1.56. The zero-order chi connectivity index (χ0) is 15.6. The van der Waals surface area contributed by atoms with Crippen LogP contribution in [0.15, 0.2) is 49.2 Å². The third kappa shape index (κ3) is 2.61. The summed E-state index contributed by atoms with van der Waals surface area (Å²) < 4.78 is 3.69. The van der Waals surface area contributed by atoms with Crippen molar-refractivity contribution >= 4 is 17.0 Å². The number of rotatable bonds is 4. The normalized spacial score (nSPS) is 11.1. The van der Waals surface area contributed by atoms with Crippen molar-refractivity contribution in [3.8, 4) is 0 Å². The highest BCUT2D eigenvalue weighted by atomic mass is 15.4. The zero-order valence-corrected chi connectivity index (χ0v) is 12.2. The smallest absolute Gasteiger partial charge is 0.165 e. The van der Waals surface area contributed by atoms with Crippen LogP contribution in [0.2, 0.25) is 0 Å². The first-order chi connectivity index (χ1) is 11.3. The van der Waals surface area contributed by atoms with Crippen LogP contribution >= 0.6 is 0 Å². The molecule has 8 heteroatoms. The summed E-state index contributed by atoms with van der Waals surface area (Å²) in [4.78, 5) is 12.4. The van der Waals surface area contributed by atoms with Gasteiger partial charge in [-0.25, -0.2) is 19.6 Å². The Morgan fingerprint density at radius 2 is 1.87 bits per heavy atom. The van der Waals surface area contributed by atoms with E-state index in [9.17, 15) is 0 Å². The second-order valence-electron chi connectivity index (χ2n) is 5.20. The first-order valence-electron chi connectivity index (χ1n) is 7.14. The number of nitrogens with zero attached hydrogens (tertiary/aromatic N) is 7. The average molecular weight is 306 g/mol. The molecule has 0 saturated heterocycles. The number of hydrogen-bond acceptors (Lipinski definition) is 6.